The molecule has 0 aromatic heterocycles. The van der Waals surface area contributed by atoms with E-state index in [4.69, 9.17) is 27.8 Å². The van der Waals surface area contributed by atoms with Gasteiger partial charge in [0.25, 0.3) is 0 Å². The van der Waals surface area contributed by atoms with Crippen molar-refractivity contribution in [3.63, 3.8) is 0 Å². The average Bonchev–Trinajstić information content (AvgIpc) is 3.32. The fourth-order valence-corrected chi connectivity index (χ4v) is 15.4. The molecule has 14 nitrogen and oxygen atoms in total. The van der Waals surface area contributed by atoms with Crippen LogP contribution in [0.3, 0.4) is 0 Å². The molecule has 11 atom stereocenters. The molecule has 1 heterocycles. The summed E-state index contributed by atoms with van der Waals surface area (Å²) in [4.78, 5) is 73.8. The lowest BCUT2D eigenvalue weighted by Gasteiger charge is -2.67. The first-order chi connectivity index (χ1) is 33.1. The molecule has 3 fully saturated rings. The van der Waals surface area contributed by atoms with Crippen LogP contribution in [0.1, 0.15) is 125 Å². The van der Waals surface area contributed by atoms with Crippen molar-refractivity contribution in [3.05, 3.63) is 94.6 Å². The van der Waals surface area contributed by atoms with Crippen LogP contribution in [0, 0.1) is 16.7 Å². The standard InChI is InChI=1S/C55H79NO13Si2/c1-16-33(5)48(60)56-42(36-26-22-20-23-27-36)44(68-70(14,15)51(8,9)10)50(62)65-38-31-55(63)47(66-49(61)37-28-24-21-25-29-37)45-53(13,39(58)30-40-54(45,32-64-40)67-35(7)57)46(59)43(41(34(38)6)52(55,11)12)69-71(17-2,18-3)19-4/h16,20-29,38-40,42-45,47,58,63H,17-19,30-32H2,1-15H3,(H,56,60)/b33-16+/t38-,39-,40+,42-,43+,44+,45?,47?,53+,54-,55+/m0/s1. The molecule has 71 heavy (non-hydrogen) atoms. The number of aliphatic hydroxyl groups is 2. The molecule has 3 aliphatic carbocycles. The molecule has 16 heteroatoms. The van der Waals surface area contributed by atoms with E-state index in [1.165, 1.54) is 6.92 Å². The quantitative estimate of drug-likeness (QED) is 0.0475. The van der Waals surface area contributed by atoms with Gasteiger partial charge in [-0.3, -0.25) is 14.4 Å². The van der Waals surface area contributed by atoms with Crippen LogP contribution in [0.5, 0.6) is 0 Å². The number of allylic oxidation sites excluding steroid dienone is 1. The van der Waals surface area contributed by atoms with Gasteiger partial charge in [-0.1, -0.05) is 110 Å². The molecule has 3 N–H and O–H groups in total. The van der Waals surface area contributed by atoms with Gasteiger partial charge in [-0.05, 0) is 92.8 Å². The Morgan fingerprint density at radius 2 is 1.51 bits per heavy atom. The first kappa shape index (κ1) is 56.0. The number of carbonyl (C=O) groups excluding carboxylic acids is 5. The topological polar surface area (TPSA) is 193 Å². The van der Waals surface area contributed by atoms with Gasteiger partial charge in [-0.15, -0.1) is 0 Å². The van der Waals surface area contributed by atoms with Crippen LogP contribution in [-0.4, -0.2) is 111 Å². The third kappa shape index (κ3) is 9.83. The summed E-state index contributed by atoms with van der Waals surface area (Å²) in [6.07, 6.45) is -7.03. The van der Waals surface area contributed by atoms with Crippen LogP contribution < -0.4 is 5.32 Å². The molecule has 6 rings (SSSR count). The van der Waals surface area contributed by atoms with Gasteiger partial charge in [-0.25, -0.2) is 9.59 Å². The van der Waals surface area contributed by atoms with Gasteiger partial charge in [0, 0.05) is 30.8 Å². The average molecular weight is 1020 g/mol. The second-order valence-corrected chi connectivity index (χ2v) is 32.0. The number of nitrogens with one attached hydrogen (secondary N) is 1. The first-order valence-corrected chi connectivity index (χ1v) is 30.8. The molecule has 2 aromatic rings. The van der Waals surface area contributed by atoms with Gasteiger partial charge in [0.2, 0.25) is 5.91 Å². The fourth-order valence-electron chi connectivity index (χ4n) is 11.4. The number of esters is 3. The second kappa shape index (κ2) is 20.5. The molecule has 0 radical (unpaired) electrons. The molecule has 2 saturated carbocycles. The van der Waals surface area contributed by atoms with Crippen molar-refractivity contribution >= 4 is 46.2 Å². The zero-order chi connectivity index (χ0) is 52.9. The highest BCUT2D eigenvalue weighted by Gasteiger charge is 2.78. The maximum absolute atomic E-state index is 16.4. The Kier molecular flexibility index (Phi) is 16.2. The number of hydrogen-bond donors (Lipinski definition) is 3. The van der Waals surface area contributed by atoms with Crippen LogP contribution in [0.15, 0.2) is 83.5 Å². The van der Waals surface area contributed by atoms with Crippen molar-refractivity contribution in [1.82, 2.24) is 5.32 Å². The third-order valence-electron chi connectivity index (χ3n) is 17.5. The summed E-state index contributed by atoms with van der Waals surface area (Å²) in [6.45, 7) is 27.6. The van der Waals surface area contributed by atoms with Crippen LogP contribution in [0.2, 0.25) is 36.3 Å². The summed E-state index contributed by atoms with van der Waals surface area (Å²) in [6, 6.07) is 18.1. The minimum Gasteiger partial charge on any atom is -0.456 e. The predicted octanol–water partition coefficient (Wildman–Crippen LogP) is 8.88. The smallest absolute Gasteiger partial charge is 0.338 e. The van der Waals surface area contributed by atoms with E-state index < -0.39 is 122 Å². The third-order valence-corrected chi connectivity index (χ3v) is 26.5. The normalized spacial score (nSPS) is 30.5. The van der Waals surface area contributed by atoms with Gasteiger partial charge in [0.1, 0.15) is 30.0 Å². The van der Waals surface area contributed by atoms with Gasteiger partial charge in [-0.2, -0.15) is 0 Å². The summed E-state index contributed by atoms with van der Waals surface area (Å²) in [5, 5.41) is 29.5. The van der Waals surface area contributed by atoms with Crippen LogP contribution in [0.4, 0.5) is 0 Å². The lowest BCUT2D eigenvalue weighted by Crippen LogP contribution is -2.82. The number of benzene rings is 2. The monoisotopic (exact) mass is 1020 g/mol. The molecule has 0 spiro atoms. The van der Waals surface area contributed by atoms with Gasteiger partial charge in [0.05, 0.1) is 35.6 Å². The van der Waals surface area contributed by atoms with Crippen molar-refractivity contribution in [1.29, 1.82) is 0 Å². The molecule has 1 aliphatic heterocycles. The highest BCUT2D eigenvalue weighted by molar-refractivity contribution is 6.74. The number of rotatable bonds is 16. The number of carbonyl (C=O) groups is 5. The van der Waals surface area contributed by atoms with Crippen LogP contribution in [0.25, 0.3) is 0 Å². The Morgan fingerprint density at radius 3 is 2.01 bits per heavy atom. The number of amides is 1. The molecule has 390 valence electrons. The maximum Gasteiger partial charge on any atom is 0.338 e. The highest BCUT2D eigenvalue weighted by Crippen LogP contribution is 2.65. The van der Waals surface area contributed by atoms with Crippen molar-refractivity contribution in [2.75, 3.05) is 6.61 Å². The highest BCUT2D eigenvalue weighted by atomic mass is 28.4. The summed E-state index contributed by atoms with van der Waals surface area (Å²) < 4.78 is 40.2. The minimum atomic E-state index is -2.88. The number of ether oxygens (including phenoxy) is 4. The van der Waals surface area contributed by atoms with Gasteiger partial charge in [0.15, 0.2) is 34.1 Å². The van der Waals surface area contributed by atoms with E-state index in [0.29, 0.717) is 40.4 Å². The van der Waals surface area contributed by atoms with Gasteiger partial charge >= 0.3 is 17.9 Å². The molecule has 1 saturated heterocycles. The Morgan fingerprint density at radius 1 is 0.930 bits per heavy atom. The van der Waals surface area contributed by atoms with E-state index in [1.807, 2.05) is 72.8 Å². The molecule has 1 amide bonds. The lowest BCUT2D eigenvalue weighted by molar-refractivity contribution is -0.345. The lowest BCUT2D eigenvalue weighted by atomic mass is 9.44. The Balaban J connectivity index is 1.65. The molecular weight excluding hydrogens is 939 g/mol. The van der Waals surface area contributed by atoms with Crippen molar-refractivity contribution in [2.45, 2.75) is 193 Å². The Bertz CT molecular complexity index is 2390. The summed E-state index contributed by atoms with van der Waals surface area (Å²) in [5.41, 5.74) is -5.38. The predicted molar refractivity (Wildman–Crippen MR) is 274 cm³/mol. The van der Waals surface area contributed by atoms with Crippen molar-refractivity contribution in [3.8, 4) is 0 Å². The number of Topliss-reactive ketones (excluding diaryl/α,β-unsaturated/α-hetero) is 1. The summed E-state index contributed by atoms with van der Waals surface area (Å²) in [7, 11) is -5.68. The molecule has 2 aromatic carbocycles. The number of aliphatic hydroxyl groups excluding tert-OH is 1. The van der Waals surface area contributed by atoms with E-state index in [1.54, 1.807) is 90.1 Å². The van der Waals surface area contributed by atoms with E-state index in [2.05, 4.69) is 5.32 Å². The van der Waals surface area contributed by atoms with Crippen LogP contribution >= 0.6 is 0 Å². The zero-order valence-electron chi connectivity index (χ0n) is 44.6. The summed E-state index contributed by atoms with van der Waals surface area (Å²) >= 11 is 0. The Hall–Kier alpha value is -4.30. The Labute approximate surface area is 422 Å². The SMILES string of the molecule is C/C=C(\C)C(=O)N[C@@H](c1ccccc1)[C@@H](O[Si](C)(C)C(C)(C)C)C(=O)O[C@H]1C[C@@]2(O)C(OC(=O)c3ccccc3)C3[C@](C)(C(=O)[C@H](O[Si](CC)(CC)CC)C(=C1C)C2(C)C)[C@@H](O)C[C@H]1OC[C@@]31OC(C)=O. The van der Waals surface area contributed by atoms with Crippen LogP contribution in [-0.2, 0) is 47.0 Å². The number of ketones is 1. The summed E-state index contributed by atoms with van der Waals surface area (Å²) in [5.74, 6) is -4.75. The fraction of sp³-hybridized carbons (Fsp3) is 0.618. The maximum atomic E-state index is 16.4. The van der Waals surface area contributed by atoms with Gasteiger partial charge < -0.3 is 43.3 Å². The molecule has 2 unspecified atom stereocenters. The minimum absolute atomic E-state index is 0.0988. The van der Waals surface area contributed by atoms with E-state index >= 15 is 9.59 Å². The largest absolute Gasteiger partial charge is 0.456 e. The molecular formula is C55H79NO13Si2. The van der Waals surface area contributed by atoms with E-state index in [-0.39, 0.29) is 25.0 Å². The molecule has 2 bridgehead atoms. The van der Waals surface area contributed by atoms with Crippen molar-refractivity contribution < 1.29 is 62.0 Å². The van der Waals surface area contributed by atoms with E-state index in [0.717, 1.165) is 0 Å². The number of fused-ring (bicyclic) bond motifs is 5. The van der Waals surface area contributed by atoms with Crippen molar-refractivity contribution in [2.24, 2.45) is 16.7 Å². The second-order valence-electron chi connectivity index (χ2n) is 22.6. The molecule has 4 aliphatic rings. The number of hydrogen-bond acceptors (Lipinski definition) is 13. The first-order valence-electron chi connectivity index (χ1n) is 25.3. The zero-order valence-corrected chi connectivity index (χ0v) is 46.6. The van der Waals surface area contributed by atoms with E-state index in [9.17, 15) is 24.6 Å².